The van der Waals surface area contributed by atoms with Gasteiger partial charge in [-0.2, -0.15) is 5.10 Å². The van der Waals surface area contributed by atoms with E-state index in [1.165, 1.54) is 12.1 Å². The van der Waals surface area contributed by atoms with Crippen LogP contribution in [0.2, 0.25) is 5.02 Å². The van der Waals surface area contributed by atoms with Crippen LogP contribution < -0.4 is 4.74 Å². The molecule has 3 aromatic carbocycles. The maximum atomic E-state index is 13.9. The van der Waals surface area contributed by atoms with Gasteiger partial charge in [0.15, 0.2) is 0 Å². The average Bonchev–Trinajstić information content (AvgIpc) is 3.51. The predicted molar refractivity (Wildman–Crippen MR) is 177 cm³/mol. The molecule has 4 heterocycles. The Hall–Kier alpha value is -4.80. The van der Waals surface area contributed by atoms with Gasteiger partial charge in [0, 0.05) is 47.0 Å². The lowest BCUT2D eigenvalue weighted by Gasteiger charge is -2.15. The van der Waals surface area contributed by atoms with Crippen LogP contribution in [0.4, 0.5) is 4.39 Å². The molecule has 7 rings (SSSR count). The van der Waals surface area contributed by atoms with Crippen LogP contribution in [0.5, 0.6) is 5.75 Å². The molecule has 0 N–H and O–H groups in total. The summed E-state index contributed by atoms with van der Waals surface area (Å²) in [5.74, 6) is -0.0498. The Labute approximate surface area is 275 Å². The molecule has 0 fully saturated rings. The first-order valence-corrected chi connectivity index (χ1v) is 15.9. The van der Waals surface area contributed by atoms with Crippen molar-refractivity contribution in [3.05, 3.63) is 106 Å². The molecule has 47 heavy (non-hydrogen) atoms. The van der Waals surface area contributed by atoms with Crippen LogP contribution in [0.25, 0.3) is 32.8 Å². The van der Waals surface area contributed by atoms with E-state index in [1.807, 2.05) is 53.6 Å². The van der Waals surface area contributed by atoms with E-state index in [1.54, 1.807) is 25.4 Å². The van der Waals surface area contributed by atoms with Crippen LogP contribution in [-0.4, -0.2) is 43.5 Å². The van der Waals surface area contributed by atoms with Crippen LogP contribution in [0, 0.1) is 12.7 Å². The molecular weight excluding hydrogens is 621 g/mol. The van der Waals surface area contributed by atoms with Gasteiger partial charge in [0.2, 0.25) is 0 Å². The lowest BCUT2D eigenvalue weighted by atomic mass is 9.98. The van der Waals surface area contributed by atoms with E-state index in [9.17, 15) is 9.18 Å². The quantitative estimate of drug-likeness (QED) is 0.131. The minimum Gasteiger partial charge on any atom is -0.493 e. The molecule has 240 valence electrons. The molecular formula is C36H33ClFN5O4. The van der Waals surface area contributed by atoms with Gasteiger partial charge in [0.1, 0.15) is 17.3 Å². The van der Waals surface area contributed by atoms with Crippen LogP contribution in [0.1, 0.15) is 52.2 Å². The molecule has 0 spiro atoms. The number of carbonyl (C=O) groups excluding carboxylic acids is 1. The first kappa shape index (κ1) is 30.8. The first-order chi connectivity index (χ1) is 22.9. The van der Waals surface area contributed by atoms with Gasteiger partial charge >= 0.3 is 5.97 Å². The van der Waals surface area contributed by atoms with Crippen LogP contribution in [0.15, 0.2) is 60.9 Å². The highest BCUT2D eigenvalue weighted by Gasteiger charge is 2.30. The lowest BCUT2D eigenvalue weighted by Crippen LogP contribution is -2.17. The third-order valence-corrected chi connectivity index (χ3v) is 9.00. The van der Waals surface area contributed by atoms with Crippen molar-refractivity contribution in [2.45, 2.75) is 46.4 Å². The second-order valence-corrected chi connectivity index (χ2v) is 11.9. The minimum absolute atomic E-state index is 0.217. The second kappa shape index (κ2) is 12.8. The summed E-state index contributed by atoms with van der Waals surface area (Å²) in [6.45, 7) is 5.11. The van der Waals surface area contributed by atoms with Crippen molar-refractivity contribution in [2.75, 3.05) is 13.2 Å². The molecule has 0 bridgehead atoms. The number of esters is 1. The zero-order valence-corrected chi connectivity index (χ0v) is 27.1. The number of nitrogens with zero attached hydrogens (tertiary/aromatic N) is 5. The van der Waals surface area contributed by atoms with E-state index in [0.29, 0.717) is 47.3 Å². The number of aromatic nitrogens is 5. The van der Waals surface area contributed by atoms with E-state index in [2.05, 4.69) is 9.97 Å². The summed E-state index contributed by atoms with van der Waals surface area (Å²) < 4.78 is 35.6. The van der Waals surface area contributed by atoms with Crippen molar-refractivity contribution in [3.8, 4) is 16.9 Å². The highest BCUT2D eigenvalue weighted by atomic mass is 35.5. The zero-order chi connectivity index (χ0) is 32.7. The summed E-state index contributed by atoms with van der Waals surface area (Å²) in [7, 11) is 1.89. The molecule has 6 aromatic rings. The number of hydrogen-bond donors (Lipinski definition) is 0. The molecule has 0 saturated carbocycles. The Kier molecular flexibility index (Phi) is 8.38. The van der Waals surface area contributed by atoms with Crippen molar-refractivity contribution in [2.24, 2.45) is 7.05 Å². The largest absolute Gasteiger partial charge is 0.493 e. The smallest absolute Gasteiger partial charge is 0.355 e. The molecule has 0 saturated heterocycles. The highest BCUT2D eigenvalue weighted by Crippen LogP contribution is 2.43. The fraction of sp³-hybridized carbons (Fsp3) is 0.278. The number of carbonyl (C=O) groups is 1. The monoisotopic (exact) mass is 653 g/mol. The summed E-state index contributed by atoms with van der Waals surface area (Å²) in [5.41, 5.74) is 6.72. The highest BCUT2D eigenvalue weighted by molar-refractivity contribution is 6.35. The molecule has 1 aliphatic heterocycles. The molecule has 1 aliphatic rings. The lowest BCUT2D eigenvalue weighted by molar-refractivity contribution is 0.0513. The summed E-state index contributed by atoms with van der Waals surface area (Å²) in [4.78, 5) is 23.1. The van der Waals surface area contributed by atoms with Crippen molar-refractivity contribution in [3.63, 3.8) is 0 Å². The van der Waals surface area contributed by atoms with Crippen LogP contribution in [-0.2, 0) is 42.7 Å². The Bertz CT molecular complexity index is 2160. The van der Waals surface area contributed by atoms with E-state index in [4.69, 9.17) is 30.9 Å². The van der Waals surface area contributed by atoms with E-state index >= 15 is 0 Å². The van der Waals surface area contributed by atoms with Gasteiger partial charge < -0.3 is 18.8 Å². The Morgan fingerprint density at radius 1 is 1.02 bits per heavy atom. The van der Waals surface area contributed by atoms with Gasteiger partial charge in [0.25, 0.3) is 0 Å². The number of halogens is 2. The number of aryl methyl sites for hydroxylation is 2. The van der Waals surface area contributed by atoms with Crippen molar-refractivity contribution in [1.82, 2.24) is 24.3 Å². The molecule has 0 aliphatic carbocycles. The van der Waals surface area contributed by atoms with Gasteiger partial charge in [-0.05, 0) is 68.0 Å². The third kappa shape index (κ3) is 5.61. The van der Waals surface area contributed by atoms with E-state index in [0.717, 1.165) is 49.8 Å². The summed E-state index contributed by atoms with van der Waals surface area (Å²) in [6, 6.07) is 14.1. The zero-order valence-electron chi connectivity index (χ0n) is 26.3. The van der Waals surface area contributed by atoms with Gasteiger partial charge in [0.05, 0.1) is 60.6 Å². The number of fused-ring (bicyclic) bond motifs is 4. The topological polar surface area (TPSA) is 93.3 Å². The van der Waals surface area contributed by atoms with Gasteiger partial charge in [-0.25, -0.2) is 9.18 Å². The molecule has 0 atom stereocenters. The minimum atomic E-state index is -0.433. The van der Waals surface area contributed by atoms with Crippen molar-refractivity contribution < 1.29 is 23.4 Å². The fourth-order valence-corrected chi connectivity index (χ4v) is 6.75. The standard InChI is InChI=1S/C36H33ClFN5O4/c1-4-46-36(44)35-25(8-6-16-47-31-9-5-7-22-17-23(38)10-11-24(22)31)26-12-13-27(37)33-32-21(2)42(3)41-30(32)20-45-19-29-28(39-14-15-40-29)18-43(35)34(26)33/h5,7,9-15,17H,4,6,8,16,18-20H2,1-3H3. The normalized spacial score (nSPS) is 12.9. The molecule has 0 amide bonds. The van der Waals surface area contributed by atoms with Crippen LogP contribution >= 0.6 is 11.6 Å². The number of ether oxygens (including phenoxy) is 3. The maximum absolute atomic E-state index is 13.9. The number of rotatable bonds is 7. The molecule has 9 nitrogen and oxygen atoms in total. The van der Waals surface area contributed by atoms with Gasteiger partial charge in [-0.15, -0.1) is 0 Å². The van der Waals surface area contributed by atoms with Crippen molar-refractivity contribution in [1.29, 1.82) is 0 Å². The summed E-state index contributed by atoms with van der Waals surface area (Å²) >= 11 is 7.05. The number of hydrogen-bond acceptors (Lipinski definition) is 7. The Balaban J connectivity index is 1.37. The summed E-state index contributed by atoms with van der Waals surface area (Å²) in [5, 5.41) is 7.80. The van der Waals surface area contributed by atoms with Gasteiger partial charge in [-0.3, -0.25) is 14.6 Å². The Morgan fingerprint density at radius 2 is 1.81 bits per heavy atom. The molecule has 11 heteroatoms. The maximum Gasteiger partial charge on any atom is 0.355 e. The third-order valence-electron chi connectivity index (χ3n) is 8.68. The second-order valence-electron chi connectivity index (χ2n) is 11.5. The molecule has 0 radical (unpaired) electrons. The van der Waals surface area contributed by atoms with Crippen molar-refractivity contribution >= 4 is 39.2 Å². The first-order valence-electron chi connectivity index (χ1n) is 15.6. The number of benzene rings is 3. The molecule has 3 aromatic heterocycles. The Morgan fingerprint density at radius 3 is 2.64 bits per heavy atom. The van der Waals surface area contributed by atoms with Crippen LogP contribution in [0.3, 0.4) is 0 Å². The SMILES string of the molecule is CCOC(=O)c1c(CCCOc2cccc3cc(F)ccc23)c2ccc(Cl)c3c2n1Cc1nccnc1COCc1nn(C)c(C)c1-3. The van der Waals surface area contributed by atoms with Gasteiger partial charge in [-0.1, -0.05) is 29.8 Å². The van der Waals surface area contributed by atoms with E-state index < -0.39 is 5.97 Å². The summed E-state index contributed by atoms with van der Waals surface area (Å²) in [6.07, 6.45) is 4.40. The predicted octanol–water partition coefficient (Wildman–Crippen LogP) is 7.35. The fourth-order valence-electron chi connectivity index (χ4n) is 6.50. The molecule has 0 unspecified atom stereocenters. The van der Waals surface area contributed by atoms with E-state index in [-0.39, 0.29) is 32.2 Å². The average molecular weight is 654 g/mol.